The van der Waals surface area contributed by atoms with Crippen molar-refractivity contribution in [2.24, 2.45) is 10.9 Å². The Labute approximate surface area is 114 Å². The molecule has 0 aromatic rings. The summed E-state index contributed by atoms with van der Waals surface area (Å²) < 4.78 is 0. The first-order valence-electron chi connectivity index (χ1n) is 6.88. The third-order valence-corrected chi connectivity index (χ3v) is 3.41. The lowest BCUT2D eigenvalue weighted by molar-refractivity contribution is 0.124. The topological polar surface area (TPSA) is 94.2 Å². The number of rotatable bonds is 5. The van der Waals surface area contributed by atoms with Gasteiger partial charge in [-0.05, 0) is 12.8 Å². The molecule has 0 bridgehead atoms. The Hall–Kier alpha value is -1.50. The number of carbonyl (C=O) groups is 1. The van der Waals surface area contributed by atoms with Crippen LogP contribution in [0.1, 0.15) is 26.7 Å². The van der Waals surface area contributed by atoms with Crippen molar-refractivity contribution in [1.82, 2.24) is 15.1 Å². The number of nitrogens with zero attached hydrogens (tertiary/aromatic N) is 3. The van der Waals surface area contributed by atoms with Crippen molar-refractivity contribution in [3.63, 3.8) is 0 Å². The molecule has 0 aromatic carbocycles. The van der Waals surface area contributed by atoms with E-state index in [9.17, 15) is 4.79 Å². The molecule has 7 nitrogen and oxygen atoms in total. The Kier molecular flexibility index (Phi) is 6.41. The highest BCUT2D eigenvalue weighted by Crippen LogP contribution is 2.09. The van der Waals surface area contributed by atoms with E-state index < -0.39 is 0 Å². The van der Waals surface area contributed by atoms with Crippen LogP contribution >= 0.6 is 0 Å². The normalized spacial score (nSPS) is 19.3. The molecule has 19 heavy (non-hydrogen) atoms. The smallest absolute Gasteiger partial charge is 0.317 e. The van der Waals surface area contributed by atoms with Crippen LogP contribution in [0.25, 0.3) is 0 Å². The van der Waals surface area contributed by atoms with Gasteiger partial charge in [0.25, 0.3) is 0 Å². The summed E-state index contributed by atoms with van der Waals surface area (Å²) in [4.78, 5) is 15.8. The van der Waals surface area contributed by atoms with E-state index in [1.54, 1.807) is 0 Å². The van der Waals surface area contributed by atoms with E-state index >= 15 is 0 Å². The first kappa shape index (κ1) is 15.6. The molecule has 7 heteroatoms. The molecule has 2 amide bonds. The van der Waals surface area contributed by atoms with Gasteiger partial charge in [-0.25, -0.2) is 4.79 Å². The van der Waals surface area contributed by atoms with Crippen LogP contribution in [0.4, 0.5) is 4.79 Å². The second-order valence-electron chi connectivity index (χ2n) is 4.70. The van der Waals surface area contributed by atoms with Gasteiger partial charge in [-0.15, -0.1) is 0 Å². The molecule has 1 heterocycles. The highest BCUT2D eigenvalue weighted by Gasteiger charge is 2.27. The van der Waals surface area contributed by atoms with E-state index in [-0.39, 0.29) is 17.9 Å². The van der Waals surface area contributed by atoms with Crippen LogP contribution in [-0.2, 0) is 0 Å². The SMILES string of the molecule is CCCNC(=O)N1CCN(C(CC)C(N)=NO)CC1. The van der Waals surface area contributed by atoms with Crippen LogP contribution in [0.3, 0.4) is 0 Å². The number of piperazine rings is 1. The standard InChI is InChI=1S/C12H25N5O2/c1-3-5-14-12(18)17-8-6-16(7-9-17)10(4-2)11(13)15-19/h10,19H,3-9H2,1-2H3,(H2,13,15)(H,14,18). The van der Waals surface area contributed by atoms with Crippen LogP contribution in [-0.4, -0.2) is 65.6 Å². The molecule has 1 aliphatic heterocycles. The zero-order valence-electron chi connectivity index (χ0n) is 11.8. The number of hydrogen-bond acceptors (Lipinski definition) is 4. The largest absolute Gasteiger partial charge is 0.409 e. The summed E-state index contributed by atoms with van der Waals surface area (Å²) >= 11 is 0. The molecule has 1 atom stereocenters. The maximum Gasteiger partial charge on any atom is 0.317 e. The second-order valence-corrected chi connectivity index (χ2v) is 4.70. The number of carbonyl (C=O) groups excluding carboxylic acids is 1. The number of urea groups is 1. The van der Waals surface area contributed by atoms with Crippen molar-refractivity contribution in [1.29, 1.82) is 0 Å². The number of amides is 2. The number of oxime groups is 1. The Morgan fingerprint density at radius 3 is 2.47 bits per heavy atom. The number of nitrogens with two attached hydrogens (primary N) is 1. The average Bonchev–Trinajstić information content (AvgIpc) is 2.46. The third kappa shape index (κ3) is 4.27. The van der Waals surface area contributed by atoms with E-state index in [1.807, 2.05) is 18.7 Å². The summed E-state index contributed by atoms with van der Waals surface area (Å²) in [6.07, 6.45) is 1.73. The maximum atomic E-state index is 11.8. The first-order valence-corrected chi connectivity index (χ1v) is 6.88. The van der Waals surface area contributed by atoms with Crippen LogP contribution in [0, 0.1) is 0 Å². The van der Waals surface area contributed by atoms with Crippen LogP contribution in [0.15, 0.2) is 5.16 Å². The van der Waals surface area contributed by atoms with Crippen molar-refractivity contribution in [3.05, 3.63) is 0 Å². The molecule has 0 saturated carbocycles. The summed E-state index contributed by atoms with van der Waals surface area (Å²) in [5.74, 6) is 0.242. The quantitative estimate of drug-likeness (QED) is 0.289. The molecule has 0 aliphatic carbocycles. The minimum absolute atomic E-state index is 0.00153. The highest BCUT2D eigenvalue weighted by atomic mass is 16.4. The van der Waals surface area contributed by atoms with Gasteiger partial charge in [0.05, 0.1) is 6.04 Å². The fourth-order valence-electron chi connectivity index (χ4n) is 2.30. The maximum absolute atomic E-state index is 11.8. The summed E-state index contributed by atoms with van der Waals surface area (Å²) in [6.45, 7) is 7.57. The first-order chi connectivity index (χ1) is 9.13. The number of amidine groups is 1. The van der Waals surface area contributed by atoms with Gasteiger partial charge in [-0.1, -0.05) is 19.0 Å². The van der Waals surface area contributed by atoms with Crippen LogP contribution in [0.5, 0.6) is 0 Å². The van der Waals surface area contributed by atoms with Crippen molar-refractivity contribution in [3.8, 4) is 0 Å². The Morgan fingerprint density at radius 2 is 2.00 bits per heavy atom. The molecule has 4 N–H and O–H groups in total. The summed E-state index contributed by atoms with van der Waals surface area (Å²) in [6, 6.07) is -0.0517. The minimum atomic E-state index is -0.0501. The summed E-state index contributed by atoms with van der Waals surface area (Å²) in [5.41, 5.74) is 5.68. The van der Waals surface area contributed by atoms with E-state index in [2.05, 4.69) is 15.4 Å². The fourth-order valence-corrected chi connectivity index (χ4v) is 2.30. The number of nitrogens with one attached hydrogen (secondary N) is 1. The number of hydrogen-bond donors (Lipinski definition) is 3. The van der Waals surface area contributed by atoms with Gasteiger partial charge in [0.2, 0.25) is 0 Å². The lowest BCUT2D eigenvalue weighted by atomic mass is 10.1. The second kappa shape index (κ2) is 7.83. The molecular weight excluding hydrogens is 246 g/mol. The van der Waals surface area contributed by atoms with E-state index in [0.717, 1.165) is 25.9 Å². The highest BCUT2D eigenvalue weighted by molar-refractivity contribution is 5.85. The van der Waals surface area contributed by atoms with Crippen LogP contribution in [0.2, 0.25) is 0 Å². The molecule has 0 aromatic heterocycles. The molecular formula is C12H25N5O2. The van der Waals surface area contributed by atoms with Gasteiger partial charge in [0.1, 0.15) is 0 Å². The van der Waals surface area contributed by atoms with Gasteiger partial charge in [0.15, 0.2) is 5.84 Å². The summed E-state index contributed by atoms with van der Waals surface area (Å²) in [7, 11) is 0. The zero-order chi connectivity index (χ0) is 14.3. The Balaban J connectivity index is 2.45. The van der Waals surface area contributed by atoms with E-state index in [0.29, 0.717) is 19.6 Å². The Morgan fingerprint density at radius 1 is 1.37 bits per heavy atom. The average molecular weight is 271 g/mol. The molecule has 1 aliphatic rings. The monoisotopic (exact) mass is 271 g/mol. The predicted octanol–water partition coefficient (Wildman–Crippen LogP) is 0.249. The van der Waals surface area contributed by atoms with Crippen LogP contribution < -0.4 is 11.1 Å². The molecule has 0 spiro atoms. The fraction of sp³-hybridized carbons (Fsp3) is 0.833. The molecule has 1 unspecified atom stereocenters. The van der Waals surface area contributed by atoms with Crippen molar-refractivity contribution in [2.75, 3.05) is 32.7 Å². The molecule has 1 saturated heterocycles. The lowest BCUT2D eigenvalue weighted by Gasteiger charge is -2.38. The van der Waals surface area contributed by atoms with E-state index in [4.69, 9.17) is 10.9 Å². The summed E-state index contributed by atoms with van der Waals surface area (Å²) in [5, 5.41) is 14.7. The molecule has 1 fully saturated rings. The molecule has 1 rings (SSSR count). The lowest BCUT2D eigenvalue weighted by Crippen LogP contribution is -2.56. The van der Waals surface area contributed by atoms with Crippen molar-refractivity contribution >= 4 is 11.9 Å². The van der Waals surface area contributed by atoms with Gasteiger partial charge >= 0.3 is 6.03 Å². The minimum Gasteiger partial charge on any atom is -0.409 e. The Bertz CT molecular complexity index is 313. The van der Waals surface area contributed by atoms with Crippen molar-refractivity contribution < 1.29 is 10.0 Å². The predicted molar refractivity (Wildman–Crippen MR) is 74.3 cm³/mol. The van der Waals surface area contributed by atoms with Gasteiger partial charge in [-0.2, -0.15) is 0 Å². The van der Waals surface area contributed by atoms with Gasteiger partial charge in [-0.3, -0.25) is 4.90 Å². The van der Waals surface area contributed by atoms with Gasteiger partial charge in [0, 0.05) is 32.7 Å². The third-order valence-electron chi connectivity index (χ3n) is 3.41. The molecule has 0 radical (unpaired) electrons. The van der Waals surface area contributed by atoms with E-state index in [1.165, 1.54) is 0 Å². The zero-order valence-corrected chi connectivity index (χ0v) is 11.8. The van der Waals surface area contributed by atoms with Gasteiger partial charge < -0.3 is 21.2 Å². The molecule has 110 valence electrons. The van der Waals surface area contributed by atoms with Crippen molar-refractivity contribution in [2.45, 2.75) is 32.7 Å².